The quantitative estimate of drug-likeness (QED) is 0.377. The van der Waals surface area contributed by atoms with Gasteiger partial charge in [0.05, 0.1) is 10.6 Å². The number of anilines is 1. The summed E-state index contributed by atoms with van der Waals surface area (Å²) >= 11 is 6.20. The van der Waals surface area contributed by atoms with E-state index < -0.39 is 28.5 Å². The number of hydrogen-bond donors (Lipinski definition) is 1. The standard InChI is InChI=1S/C29H34ClN3O4S/c1-20(2)31-29(35)23(5)32(18-24-13-9-21(3)10-14-24)28(34)19-33(26-8-6-7-25(30)17-26)38(36,37)27-15-11-22(4)12-16-27/h6-17,20,23H,18-19H2,1-5H3,(H,31,35)/t23-/m1/s1. The largest absolute Gasteiger partial charge is 0.352 e. The first-order chi connectivity index (χ1) is 17.9. The summed E-state index contributed by atoms with van der Waals surface area (Å²) in [7, 11) is -4.13. The van der Waals surface area contributed by atoms with Crippen LogP contribution in [0, 0.1) is 13.8 Å². The van der Waals surface area contributed by atoms with Crippen LogP contribution < -0.4 is 9.62 Å². The molecule has 0 unspecified atom stereocenters. The molecule has 2 amide bonds. The number of halogens is 1. The number of rotatable bonds is 10. The third-order valence-corrected chi connectivity index (χ3v) is 8.08. The maximum absolute atomic E-state index is 13.9. The lowest BCUT2D eigenvalue weighted by Crippen LogP contribution is -2.52. The van der Waals surface area contributed by atoms with E-state index in [1.165, 1.54) is 23.1 Å². The molecule has 0 saturated carbocycles. The average Bonchev–Trinajstić information content (AvgIpc) is 2.86. The number of carbonyl (C=O) groups excluding carboxylic acids is 2. The van der Waals surface area contributed by atoms with E-state index in [0.29, 0.717) is 5.02 Å². The number of sulfonamides is 1. The summed E-state index contributed by atoms with van der Waals surface area (Å²) in [4.78, 5) is 28.2. The zero-order valence-corrected chi connectivity index (χ0v) is 23.9. The molecule has 0 saturated heterocycles. The molecule has 202 valence electrons. The van der Waals surface area contributed by atoms with Crippen LogP contribution in [0.4, 0.5) is 5.69 Å². The summed E-state index contributed by atoms with van der Waals surface area (Å²) in [5.74, 6) is -0.844. The van der Waals surface area contributed by atoms with Gasteiger partial charge in [0.2, 0.25) is 11.8 Å². The van der Waals surface area contributed by atoms with Gasteiger partial charge in [-0.05, 0) is 70.5 Å². The number of nitrogens with one attached hydrogen (secondary N) is 1. The second-order valence-corrected chi connectivity index (χ2v) is 11.9. The van der Waals surface area contributed by atoms with E-state index in [0.717, 1.165) is 21.0 Å². The molecule has 3 rings (SSSR count). The highest BCUT2D eigenvalue weighted by atomic mass is 35.5. The Kier molecular flexibility index (Phi) is 9.57. The van der Waals surface area contributed by atoms with Gasteiger partial charge in [0.15, 0.2) is 0 Å². The summed E-state index contributed by atoms with van der Waals surface area (Å²) in [5.41, 5.74) is 3.04. The molecule has 1 N–H and O–H groups in total. The van der Waals surface area contributed by atoms with Gasteiger partial charge in [-0.3, -0.25) is 13.9 Å². The molecular formula is C29H34ClN3O4S. The second kappa shape index (κ2) is 12.5. The normalized spacial score (nSPS) is 12.2. The average molecular weight is 556 g/mol. The number of aryl methyl sites for hydroxylation is 2. The van der Waals surface area contributed by atoms with Crippen LogP contribution in [0.1, 0.15) is 37.5 Å². The van der Waals surface area contributed by atoms with Crippen molar-refractivity contribution in [3.05, 3.63) is 94.5 Å². The number of amides is 2. The minimum Gasteiger partial charge on any atom is -0.352 e. The van der Waals surface area contributed by atoms with Crippen molar-refractivity contribution in [3.8, 4) is 0 Å². The molecule has 0 radical (unpaired) electrons. The lowest BCUT2D eigenvalue weighted by atomic mass is 10.1. The van der Waals surface area contributed by atoms with E-state index in [1.807, 2.05) is 52.0 Å². The van der Waals surface area contributed by atoms with Gasteiger partial charge >= 0.3 is 0 Å². The predicted octanol–water partition coefficient (Wildman–Crippen LogP) is 5.09. The van der Waals surface area contributed by atoms with Crippen LogP contribution in [0.3, 0.4) is 0 Å². The third kappa shape index (κ3) is 7.36. The molecular weight excluding hydrogens is 522 g/mol. The Labute approximate surface area is 230 Å². The van der Waals surface area contributed by atoms with Crippen molar-refractivity contribution in [2.45, 2.75) is 58.1 Å². The Bertz CT molecular complexity index is 1370. The molecule has 38 heavy (non-hydrogen) atoms. The monoisotopic (exact) mass is 555 g/mol. The molecule has 0 bridgehead atoms. The molecule has 0 aromatic heterocycles. The summed E-state index contributed by atoms with van der Waals surface area (Å²) in [6.07, 6.45) is 0. The van der Waals surface area contributed by atoms with Crippen molar-refractivity contribution in [2.24, 2.45) is 0 Å². The fourth-order valence-corrected chi connectivity index (χ4v) is 5.47. The van der Waals surface area contributed by atoms with E-state index >= 15 is 0 Å². The number of hydrogen-bond acceptors (Lipinski definition) is 4. The first-order valence-corrected chi connectivity index (χ1v) is 14.2. The van der Waals surface area contributed by atoms with Crippen LogP contribution in [0.15, 0.2) is 77.7 Å². The molecule has 0 aliphatic rings. The van der Waals surface area contributed by atoms with Crippen LogP contribution >= 0.6 is 11.6 Å². The van der Waals surface area contributed by atoms with Crippen LogP contribution in [-0.4, -0.2) is 43.8 Å². The van der Waals surface area contributed by atoms with E-state index in [-0.39, 0.29) is 29.1 Å². The van der Waals surface area contributed by atoms with Crippen molar-refractivity contribution in [2.75, 3.05) is 10.8 Å². The molecule has 1 atom stereocenters. The Balaban J connectivity index is 2.03. The summed E-state index contributed by atoms with van der Waals surface area (Å²) < 4.78 is 28.6. The van der Waals surface area contributed by atoms with Crippen molar-refractivity contribution < 1.29 is 18.0 Å². The second-order valence-electron chi connectivity index (χ2n) is 9.65. The molecule has 0 fully saturated rings. The smallest absolute Gasteiger partial charge is 0.264 e. The summed E-state index contributed by atoms with van der Waals surface area (Å²) in [5, 5.41) is 3.18. The Morgan fingerprint density at radius 2 is 1.47 bits per heavy atom. The van der Waals surface area contributed by atoms with Crippen LogP contribution in [-0.2, 0) is 26.2 Å². The third-order valence-electron chi connectivity index (χ3n) is 6.06. The van der Waals surface area contributed by atoms with Crippen molar-refractivity contribution in [3.63, 3.8) is 0 Å². The van der Waals surface area contributed by atoms with E-state index in [1.54, 1.807) is 37.3 Å². The fourth-order valence-electron chi connectivity index (χ4n) is 3.88. The fraction of sp³-hybridized carbons (Fsp3) is 0.310. The highest BCUT2D eigenvalue weighted by Gasteiger charge is 2.32. The Morgan fingerprint density at radius 1 is 0.895 bits per heavy atom. The van der Waals surface area contributed by atoms with Crippen LogP contribution in [0.2, 0.25) is 5.02 Å². The van der Waals surface area contributed by atoms with Crippen molar-refractivity contribution in [1.82, 2.24) is 10.2 Å². The highest BCUT2D eigenvalue weighted by Crippen LogP contribution is 2.27. The van der Waals surface area contributed by atoms with Gasteiger partial charge in [-0.1, -0.05) is 65.2 Å². The van der Waals surface area contributed by atoms with E-state index in [4.69, 9.17) is 11.6 Å². The van der Waals surface area contributed by atoms with Gasteiger partial charge in [0.25, 0.3) is 10.0 Å². The van der Waals surface area contributed by atoms with Gasteiger partial charge in [0.1, 0.15) is 12.6 Å². The van der Waals surface area contributed by atoms with Gasteiger partial charge in [-0.2, -0.15) is 0 Å². The van der Waals surface area contributed by atoms with E-state index in [9.17, 15) is 18.0 Å². The van der Waals surface area contributed by atoms with E-state index in [2.05, 4.69) is 5.32 Å². The zero-order valence-electron chi connectivity index (χ0n) is 22.3. The van der Waals surface area contributed by atoms with Gasteiger partial charge in [-0.25, -0.2) is 8.42 Å². The SMILES string of the molecule is Cc1ccc(CN(C(=O)CN(c2cccc(Cl)c2)S(=O)(=O)c2ccc(C)cc2)[C@H](C)C(=O)NC(C)C)cc1. The van der Waals surface area contributed by atoms with Crippen molar-refractivity contribution in [1.29, 1.82) is 0 Å². The van der Waals surface area contributed by atoms with Gasteiger partial charge in [0, 0.05) is 17.6 Å². The number of nitrogens with zero attached hydrogens (tertiary/aromatic N) is 2. The molecule has 0 aliphatic carbocycles. The highest BCUT2D eigenvalue weighted by molar-refractivity contribution is 7.92. The molecule has 3 aromatic carbocycles. The molecule has 0 aliphatic heterocycles. The van der Waals surface area contributed by atoms with Gasteiger partial charge in [-0.15, -0.1) is 0 Å². The molecule has 3 aromatic rings. The van der Waals surface area contributed by atoms with Gasteiger partial charge < -0.3 is 10.2 Å². The molecule has 9 heteroatoms. The summed E-state index contributed by atoms with van der Waals surface area (Å²) in [6, 6.07) is 19.4. The van der Waals surface area contributed by atoms with Crippen molar-refractivity contribution >= 4 is 39.1 Å². The predicted molar refractivity (Wildman–Crippen MR) is 152 cm³/mol. The lowest BCUT2D eigenvalue weighted by Gasteiger charge is -2.32. The molecule has 7 nitrogen and oxygen atoms in total. The maximum Gasteiger partial charge on any atom is 0.264 e. The van der Waals surface area contributed by atoms with Crippen LogP contribution in [0.25, 0.3) is 0 Å². The maximum atomic E-state index is 13.9. The summed E-state index contributed by atoms with van der Waals surface area (Å²) in [6.45, 7) is 8.77. The number of carbonyl (C=O) groups is 2. The number of benzene rings is 3. The lowest BCUT2D eigenvalue weighted by molar-refractivity contribution is -0.139. The first-order valence-electron chi connectivity index (χ1n) is 12.4. The molecule has 0 spiro atoms. The van der Waals surface area contributed by atoms with Crippen LogP contribution in [0.5, 0.6) is 0 Å². The topological polar surface area (TPSA) is 86.8 Å². The minimum absolute atomic E-state index is 0.0477. The Hall–Kier alpha value is -3.36. The molecule has 0 heterocycles. The first kappa shape index (κ1) is 29.2. The Morgan fingerprint density at radius 3 is 2.03 bits per heavy atom. The zero-order chi connectivity index (χ0) is 28.0. The minimum atomic E-state index is -4.13.